The maximum atomic E-state index is 11.1. The van der Waals surface area contributed by atoms with Gasteiger partial charge in [0.05, 0.1) is 18.3 Å². The molecule has 2 heterocycles. The van der Waals surface area contributed by atoms with Crippen molar-refractivity contribution < 1.29 is 34.0 Å². The molecule has 0 bridgehead atoms. The van der Waals surface area contributed by atoms with Gasteiger partial charge < -0.3 is 29.2 Å². The summed E-state index contributed by atoms with van der Waals surface area (Å²) in [5.74, 6) is 7.05. The second-order valence-electron chi connectivity index (χ2n) is 12.4. The highest BCUT2D eigenvalue weighted by molar-refractivity contribution is 5.66. The van der Waals surface area contributed by atoms with E-state index in [1.54, 1.807) is 0 Å². The fourth-order valence-electron chi connectivity index (χ4n) is 6.23. The molecule has 2 aliphatic heterocycles. The Hall–Kier alpha value is -1.43. The first-order chi connectivity index (χ1) is 19.5. The summed E-state index contributed by atoms with van der Waals surface area (Å²) in [4.78, 5) is 10.8. The van der Waals surface area contributed by atoms with E-state index in [0.717, 1.165) is 83.8 Å². The van der Waals surface area contributed by atoms with Gasteiger partial charge in [0.1, 0.15) is 0 Å². The number of aliphatic carboxylic acids is 1. The van der Waals surface area contributed by atoms with Gasteiger partial charge in [-0.2, -0.15) is 0 Å². The Balaban J connectivity index is 1.42. The number of unbranched alkanes of at least 4 members (excludes halogenated alkanes) is 3. The van der Waals surface area contributed by atoms with Gasteiger partial charge in [-0.1, -0.05) is 44.3 Å². The lowest BCUT2D eigenvalue weighted by atomic mass is 9.87. The van der Waals surface area contributed by atoms with Gasteiger partial charge in [0.15, 0.2) is 12.6 Å². The molecule has 0 amide bonds. The van der Waals surface area contributed by atoms with E-state index >= 15 is 0 Å². The molecule has 7 nitrogen and oxygen atoms in total. The summed E-state index contributed by atoms with van der Waals surface area (Å²) >= 11 is 0. The molecule has 0 aromatic heterocycles. The van der Waals surface area contributed by atoms with Crippen molar-refractivity contribution in [2.45, 2.75) is 141 Å². The van der Waals surface area contributed by atoms with Gasteiger partial charge in [-0.3, -0.25) is 4.79 Å². The molecule has 2 aliphatic carbocycles. The molecule has 2 saturated heterocycles. The van der Waals surface area contributed by atoms with Crippen LogP contribution in [0.15, 0.2) is 12.2 Å². The predicted octanol–water partition coefficient (Wildman–Crippen LogP) is 6.23. The Morgan fingerprint density at radius 3 is 2.40 bits per heavy atom. The average molecular weight is 561 g/mol. The molecule has 8 atom stereocenters. The monoisotopic (exact) mass is 560 g/mol. The van der Waals surface area contributed by atoms with E-state index in [0.29, 0.717) is 18.8 Å². The lowest BCUT2D eigenvalue weighted by molar-refractivity contribution is -0.193. The van der Waals surface area contributed by atoms with Crippen LogP contribution in [-0.4, -0.2) is 60.3 Å². The lowest BCUT2D eigenvalue weighted by Gasteiger charge is -2.31. The second-order valence-corrected chi connectivity index (χ2v) is 12.4. The van der Waals surface area contributed by atoms with Gasteiger partial charge >= 0.3 is 5.97 Å². The number of hydrogen-bond donors (Lipinski definition) is 2. The molecule has 2 saturated carbocycles. The molecule has 1 unspecified atom stereocenters. The Labute approximate surface area is 241 Å². The Morgan fingerprint density at radius 1 is 1.00 bits per heavy atom. The van der Waals surface area contributed by atoms with E-state index < -0.39 is 12.1 Å². The third kappa shape index (κ3) is 10.8. The Kier molecular flexibility index (Phi) is 13.3. The zero-order valence-electron chi connectivity index (χ0n) is 24.5. The molecule has 2 N–H and O–H groups in total. The minimum atomic E-state index is -0.732. The van der Waals surface area contributed by atoms with Crippen molar-refractivity contribution in [2.24, 2.45) is 23.7 Å². The molecule has 4 aliphatic rings. The first-order valence-electron chi connectivity index (χ1n) is 16.1. The fourth-order valence-corrected chi connectivity index (χ4v) is 6.23. The summed E-state index contributed by atoms with van der Waals surface area (Å²) in [6.45, 7) is 3.69. The summed E-state index contributed by atoms with van der Waals surface area (Å²) in [5, 5.41) is 20.0. The first-order valence-corrected chi connectivity index (χ1v) is 16.1. The molecule has 4 fully saturated rings. The standard InChI is InChI=1S/C33H52O7/c1-24(11-10-12-25-17-18-25)29(39-32-15-6-8-21-37-32)20-19-27-26(13-4-2-3-5-14-31(35)36)28(34)23-30(27)40-33-16-7-9-22-38-33/h19-20,24-30,32-34H,2-9,11,13-18,21-23H2,1H3,(H,35,36)/b20-19+/t24-,26+,27+,28-,29+,30+,32-,33?/m0/s1. The van der Waals surface area contributed by atoms with Gasteiger partial charge in [0, 0.05) is 44.3 Å². The zero-order valence-corrected chi connectivity index (χ0v) is 24.5. The fraction of sp³-hybridized carbons (Fsp3) is 0.848. The average Bonchev–Trinajstić information content (AvgIpc) is 3.73. The normalized spacial score (nSPS) is 32.5. The van der Waals surface area contributed by atoms with Gasteiger partial charge in [0.25, 0.3) is 0 Å². The van der Waals surface area contributed by atoms with E-state index in [1.807, 2.05) is 0 Å². The van der Waals surface area contributed by atoms with Crippen LogP contribution in [0.2, 0.25) is 0 Å². The van der Waals surface area contributed by atoms with Gasteiger partial charge in [-0.05, 0) is 76.0 Å². The number of carboxylic acid groups (broad SMARTS) is 1. The summed E-state index contributed by atoms with van der Waals surface area (Å²) in [7, 11) is 0. The van der Waals surface area contributed by atoms with Crippen molar-refractivity contribution in [3.8, 4) is 11.8 Å². The summed E-state index contributed by atoms with van der Waals surface area (Å²) in [6.07, 6.45) is 18.2. The smallest absolute Gasteiger partial charge is 0.303 e. The molecule has 0 spiro atoms. The lowest BCUT2D eigenvalue weighted by Crippen LogP contribution is -2.32. The van der Waals surface area contributed by atoms with Crippen molar-refractivity contribution >= 4 is 5.97 Å². The minimum Gasteiger partial charge on any atom is -0.481 e. The summed E-state index contributed by atoms with van der Waals surface area (Å²) < 4.78 is 24.9. The molecule has 7 heteroatoms. The van der Waals surface area contributed by atoms with Gasteiger partial charge in [-0.15, -0.1) is 5.92 Å². The van der Waals surface area contributed by atoms with E-state index in [2.05, 4.69) is 30.9 Å². The van der Waals surface area contributed by atoms with Crippen LogP contribution in [0.4, 0.5) is 0 Å². The number of ether oxygens (including phenoxy) is 4. The summed E-state index contributed by atoms with van der Waals surface area (Å²) in [5.41, 5.74) is 0. The van der Waals surface area contributed by atoms with Crippen molar-refractivity contribution in [3.05, 3.63) is 12.2 Å². The summed E-state index contributed by atoms with van der Waals surface area (Å²) in [6, 6.07) is 0. The van der Waals surface area contributed by atoms with Crippen LogP contribution in [-0.2, 0) is 23.7 Å². The van der Waals surface area contributed by atoms with E-state index in [9.17, 15) is 9.90 Å². The molecular weight excluding hydrogens is 508 g/mol. The van der Waals surface area contributed by atoms with E-state index in [-0.39, 0.29) is 49.0 Å². The number of rotatable bonds is 15. The highest BCUT2D eigenvalue weighted by Crippen LogP contribution is 2.40. The quantitative estimate of drug-likeness (QED) is 0.139. The number of hydrogen-bond acceptors (Lipinski definition) is 6. The van der Waals surface area contributed by atoms with Crippen LogP contribution >= 0.6 is 0 Å². The number of aliphatic hydroxyl groups is 1. The minimum absolute atomic E-state index is 0.0719. The van der Waals surface area contributed by atoms with Crippen molar-refractivity contribution in [2.75, 3.05) is 13.2 Å². The highest BCUT2D eigenvalue weighted by Gasteiger charge is 2.43. The third-order valence-corrected chi connectivity index (χ3v) is 8.87. The zero-order chi connectivity index (χ0) is 28.2. The highest BCUT2D eigenvalue weighted by atomic mass is 16.7. The Bertz CT molecular complexity index is 831. The topological polar surface area (TPSA) is 94.5 Å². The molecule has 226 valence electrons. The first kappa shape index (κ1) is 31.5. The third-order valence-electron chi connectivity index (χ3n) is 8.87. The van der Waals surface area contributed by atoms with Crippen LogP contribution in [0.25, 0.3) is 0 Å². The largest absolute Gasteiger partial charge is 0.481 e. The molecule has 0 aromatic rings. The van der Waals surface area contributed by atoms with Crippen LogP contribution in [0.3, 0.4) is 0 Å². The van der Waals surface area contributed by atoms with Crippen molar-refractivity contribution in [1.29, 1.82) is 0 Å². The molecule has 0 aromatic carbocycles. The molecule has 4 rings (SSSR count). The van der Waals surface area contributed by atoms with Crippen LogP contribution in [0.1, 0.15) is 110 Å². The maximum absolute atomic E-state index is 11.1. The van der Waals surface area contributed by atoms with Gasteiger partial charge in [0.2, 0.25) is 0 Å². The van der Waals surface area contributed by atoms with Gasteiger partial charge in [-0.25, -0.2) is 0 Å². The predicted molar refractivity (Wildman–Crippen MR) is 153 cm³/mol. The molecular formula is C33H52O7. The number of aliphatic hydroxyl groups excluding tert-OH is 1. The number of carbonyl (C=O) groups is 1. The van der Waals surface area contributed by atoms with E-state index in [4.69, 9.17) is 24.1 Å². The molecule has 40 heavy (non-hydrogen) atoms. The van der Waals surface area contributed by atoms with Crippen molar-refractivity contribution in [3.63, 3.8) is 0 Å². The van der Waals surface area contributed by atoms with E-state index in [1.165, 1.54) is 12.8 Å². The maximum Gasteiger partial charge on any atom is 0.303 e. The molecule has 0 radical (unpaired) electrons. The SMILES string of the molecule is C[C@@H](CC#CC1CC1)[C@@H](/C=C/[C@@H]1[C@@H](CCCCCCC(=O)O)[C@@H](O)C[C@H]1OC1CCCCO1)O[C@H]1CCCCO1. The van der Waals surface area contributed by atoms with Crippen LogP contribution in [0, 0.1) is 35.5 Å². The van der Waals surface area contributed by atoms with Crippen LogP contribution in [0.5, 0.6) is 0 Å². The van der Waals surface area contributed by atoms with Crippen LogP contribution < -0.4 is 0 Å². The van der Waals surface area contributed by atoms with Crippen molar-refractivity contribution in [1.82, 2.24) is 0 Å². The number of carboxylic acids is 1. The second kappa shape index (κ2) is 16.9. The Morgan fingerprint density at radius 2 is 1.73 bits per heavy atom.